The van der Waals surface area contributed by atoms with Crippen molar-refractivity contribution < 1.29 is 28.3 Å². The quantitative estimate of drug-likeness (QED) is 0.247. The van der Waals surface area contributed by atoms with Gasteiger partial charge in [0.1, 0.15) is 23.3 Å². The molecule has 0 bridgehead atoms. The summed E-state index contributed by atoms with van der Waals surface area (Å²) in [5.74, 6) is -3.47. The van der Waals surface area contributed by atoms with Crippen LogP contribution in [0.3, 0.4) is 0 Å². The first-order valence-corrected chi connectivity index (χ1v) is 12.8. The van der Waals surface area contributed by atoms with Crippen LogP contribution in [0.1, 0.15) is 44.3 Å². The van der Waals surface area contributed by atoms with Gasteiger partial charge in [-0.25, -0.2) is 4.39 Å². The maximum atomic E-state index is 14.0. The number of primary amides is 1. The Morgan fingerprint density at radius 1 is 1.12 bits per heavy atom. The molecule has 4 rings (SSSR count). The van der Waals surface area contributed by atoms with Crippen LogP contribution in [0.15, 0.2) is 60.8 Å². The lowest BCUT2D eigenvalue weighted by Gasteiger charge is -2.31. The van der Waals surface area contributed by atoms with Crippen LogP contribution in [0.25, 0.3) is 10.9 Å². The van der Waals surface area contributed by atoms with Crippen LogP contribution >= 0.6 is 11.5 Å². The van der Waals surface area contributed by atoms with Gasteiger partial charge in [0.05, 0.1) is 17.8 Å². The normalized spacial score (nSPS) is 11.6. The first-order chi connectivity index (χ1) is 19.2. The van der Waals surface area contributed by atoms with Crippen molar-refractivity contribution in [2.24, 2.45) is 5.73 Å². The Hall–Kier alpha value is -4.91. The highest BCUT2D eigenvalue weighted by molar-refractivity contribution is 7.09. The smallest absolute Gasteiger partial charge is 0.325 e. The topological polar surface area (TPSA) is 171 Å². The number of carbonyl (C=O) groups is 4. The van der Waals surface area contributed by atoms with Crippen LogP contribution in [0.4, 0.5) is 10.1 Å². The van der Waals surface area contributed by atoms with Crippen molar-refractivity contribution >= 4 is 51.8 Å². The molecule has 40 heavy (non-hydrogen) atoms. The van der Waals surface area contributed by atoms with Crippen molar-refractivity contribution in [3.8, 4) is 0 Å². The number of hydrogen-bond acceptors (Lipinski definition) is 9. The van der Waals surface area contributed by atoms with Crippen LogP contribution in [0.5, 0.6) is 0 Å². The lowest BCUT2D eigenvalue weighted by Crippen LogP contribution is -2.44. The van der Waals surface area contributed by atoms with E-state index in [0.717, 1.165) is 0 Å². The largest absolute Gasteiger partial charge is 0.465 e. The summed E-state index contributed by atoms with van der Waals surface area (Å²) in [6, 6.07) is 12.7. The number of amides is 3. The third-order valence-electron chi connectivity index (χ3n) is 5.90. The lowest BCUT2D eigenvalue weighted by molar-refractivity contribution is -0.143. The number of aromatic nitrogens is 2. The summed E-state index contributed by atoms with van der Waals surface area (Å²) in [7, 11) is 0. The molecule has 0 aliphatic carbocycles. The summed E-state index contributed by atoms with van der Waals surface area (Å²) >= 11 is 0.663. The first-order valence-electron chi connectivity index (χ1n) is 12.1. The van der Waals surface area contributed by atoms with E-state index < -0.39 is 42.1 Å². The number of ether oxygens (including phenoxy) is 1. The molecular weight excluding hydrogens is 539 g/mol. The number of nitrogens with one attached hydrogen (secondary N) is 1. The zero-order chi connectivity index (χ0) is 28.8. The third kappa shape index (κ3) is 6.21. The van der Waals surface area contributed by atoms with E-state index in [4.69, 9.17) is 16.2 Å². The molecule has 3 amide bonds. The fourth-order valence-corrected chi connectivity index (χ4v) is 4.79. The van der Waals surface area contributed by atoms with E-state index >= 15 is 0 Å². The second-order valence-electron chi connectivity index (χ2n) is 8.58. The van der Waals surface area contributed by atoms with Gasteiger partial charge in [0.15, 0.2) is 5.69 Å². The highest BCUT2D eigenvalue weighted by Gasteiger charge is 2.35. The number of nitrogens with zero attached hydrogens (tertiary/aromatic N) is 3. The molecule has 2 heterocycles. The molecule has 5 N–H and O–H groups in total. The van der Waals surface area contributed by atoms with Crippen molar-refractivity contribution in [2.45, 2.75) is 19.5 Å². The van der Waals surface area contributed by atoms with Crippen molar-refractivity contribution in [3.05, 3.63) is 88.3 Å². The number of carbonyl (C=O) groups excluding carboxylic acids is 4. The van der Waals surface area contributed by atoms with Gasteiger partial charge in [-0.15, -0.1) is 0 Å². The standard InChI is InChI=1S/C27H25FN6O5S/c1-2-39-20(35)13-32-26(37)23(17-7-10-19-16(12-17)4-3-11-31-19)34(14-15-5-8-18(28)9-6-15)27(38)24-21(29)22(25(30)36)33-40-24/h3-12,23H,2,13-14,29H2,1H3,(H2,30,36)(H,32,37)/t23-/m1/s1. The summed E-state index contributed by atoms with van der Waals surface area (Å²) in [6.45, 7) is 1.16. The van der Waals surface area contributed by atoms with Gasteiger partial charge in [-0.05, 0) is 59.9 Å². The first kappa shape index (κ1) is 28.1. The molecular formula is C27H25FN6O5S. The van der Waals surface area contributed by atoms with Gasteiger partial charge in [0.2, 0.25) is 5.91 Å². The Morgan fingerprint density at radius 3 is 2.55 bits per heavy atom. The van der Waals surface area contributed by atoms with Gasteiger partial charge in [0.25, 0.3) is 11.8 Å². The number of pyridine rings is 1. The molecule has 4 aromatic rings. The molecule has 0 saturated heterocycles. The highest BCUT2D eigenvalue weighted by atomic mass is 32.1. The fraction of sp³-hybridized carbons (Fsp3) is 0.185. The number of nitrogen functional groups attached to an aromatic ring is 1. The number of nitrogens with two attached hydrogens (primary N) is 2. The second kappa shape index (κ2) is 12.3. The van der Waals surface area contributed by atoms with Crippen LogP contribution in [0, 0.1) is 5.82 Å². The maximum absolute atomic E-state index is 14.0. The number of hydrogen-bond donors (Lipinski definition) is 3. The van der Waals surface area contributed by atoms with E-state index in [1.807, 2.05) is 0 Å². The minimum Gasteiger partial charge on any atom is -0.465 e. The summed E-state index contributed by atoms with van der Waals surface area (Å²) < 4.78 is 22.5. The second-order valence-corrected chi connectivity index (χ2v) is 9.35. The van der Waals surface area contributed by atoms with E-state index in [0.29, 0.717) is 33.6 Å². The minimum atomic E-state index is -1.30. The molecule has 0 unspecified atom stereocenters. The molecule has 0 saturated carbocycles. The van der Waals surface area contributed by atoms with E-state index in [1.54, 1.807) is 43.5 Å². The Balaban J connectivity index is 1.83. The van der Waals surface area contributed by atoms with Crippen LogP contribution in [-0.4, -0.2) is 51.1 Å². The summed E-state index contributed by atoms with van der Waals surface area (Å²) in [4.78, 5) is 56.9. The predicted molar refractivity (Wildman–Crippen MR) is 145 cm³/mol. The molecule has 0 aliphatic rings. The Kier molecular flexibility index (Phi) is 8.64. The molecule has 1 atom stereocenters. The minimum absolute atomic E-state index is 0.110. The molecule has 0 aliphatic heterocycles. The molecule has 0 fully saturated rings. The van der Waals surface area contributed by atoms with E-state index in [-0.39, 0.29) is 29.4 Å². The fourth-order valence-electron chi connectivity index (χ4n) is 4.03. The summed E-state index contributed by atoms with van der Waals surface area (Å²) in [6.07, 6.45) is 1.62. The summed E-state index contributed by atoms with van der Waals surface area (Å²) in [5, 5.41) is 3.23. The van der Waals surface area contributed by atoms with Crippen molar-refractivity contribution in [1.29, 1.82) is 0 Å². The van der Waals surface area contributed by atoms with E-state index in [9.17, 15) is 23.6 Å². The average molecular weight is 565 g/mol. The maximum Gasteiger partial charge on any atom is 0.325 e. The Bertz CT molecular complexity index is 1580. The van der Waals surface area contributed by atoms with E-state index in [1.165, 1.54) is 29.2 Å². The molecule has 206 valence electrons. The van der Waals surface area contributed by atoms with Crippen LogP contribution in [0.2, 0.25) is 0 Å². The third-order valence-corrected chi connectivity index (χ3v) is 6.75. The number of benzene rings is 2. The molecule has 2 aromatic carbocycles. The monoisotopic (exact) mass is 564 g/mol. The van der Waals surface area contributed by atoms with Gasteiger partial charge in [-0.1, -0.05) is 24.3 Å². The molecule has 0 radical (unpaired) electrons. The Morgan fingerprint density at radius 2 is 1.88 bits per heavy atom. The molecule has 0 spiro atoms. The summed E-state index contributed by atoms with van der Waals surface area (Å²) in [5.41, 5.74) is 12.5. The van der Waals surface area contributed by atoms with Gasteiger partial charge in [-0.3, -0.25) is 24.2 Å². The number of rotatable bonds is 10. The van der Waals surface area contributed by atoms with Crippen LogP contribution in [-0.2, 0) is 20.9 Å². The number of halogens is 1. The van der Waals surface area contributed by atoms with Crippen LogP contribution < -0.4 is 16.8 Å². The van der Waals surface area contributed by atoms with Crippen molar-refractivity contribution in [3.63, 3.8) is 0 Å². The van der Waals surface area contributed by atoms with Gasteiger partial charge in [-0.2, -0.15) is 4.37 Å². The SMILES string of the molecule is CCOC(=O)CNC(=O)[C@@H](c1ccc2ncccc2c1)N(Cc1ccc(F)cc1)C(=O)c1snc(C(N)=O)c1N. The zero-order valence-corrected chi connectivity index (χ0v) is 22.1. The zero-order valence-electron chi connectivity index (χ0n) is 21.3. The average Bonchev–Trinajstić information content (AvgIpc) is 3.33. The number of fused-ring (bicyclic) bond motifs is 1. The van der Waals surface area contributed by atoms with E-state index in [2.05, 4.69) is 14.7 Å². The molecule has 13 heteroatoms. The van der Waals surface area contributed by atoms with Gasteiger partial charge < -0.3 is 26.4 Å². The molecule has 11 nitrogen and oxygen atoms in total. The number of anilines is 1. The highest BCUT2D eigenvalue weighted by Crippen LogP contribution is 2.31. The van der Waals surface area contributed by atoms with Crippen molar-refractivity contribution in [1.82, 2.24) is 19.6 Å². The number of esters is 1. The van der Waals surface area contributed by atoms with Gasteiger partial charge >= 0.3 is 5.97 Å². The van der Waals surface area contributed by atoms with Crippen molar-refractivity contribution in [2.75, 3.05) is 18.9 Å². The van der Waals surface area contributed by atoms with Gasteiger partial charge in [0, 0.05) is 18.1 Å². The predicted octanol–water partition coefficient (Wildman–Crippen LogP) is 2.57. The molecule has 2 aromatic heterocycles. The Labute approximate surface area is 232 Å². The lowest BCUT2D eigenvalue weighted by atomic mass is 10.00.